The summed E-state index contributed by atoms with van der Waals surface area (Å²) in [4.78, 5) is 18.1. The fraction of sp³-hybridized carbons (Fsp3) is 0.310. The monoisotopic (exact) mass is 534 g/mol. The van der Waals surface area contributed by atoms with Crippen molar-refractivity contribution in [1.82, 2.24) is 0 Å². The van der Waals surface area contributed by atoms with Crippen molar-refractivity contribution >= 4 is 46.6 Å². The van der Waals surface area contributed by atoms with Gasteiger partial charge in [0.2, 0.25) is 5.71 Å². The van der Waals surface area contributed by atoms with Crippen molar-refractivity contribution in [3.8, 4) is 0 Å². The van der Waals surface area contributed by atoms with Crippen molar-refractivity contribution in [2.45, 2.75) is 36.5 Å². The number of carboxylic acids is 1. The number of aliphatic carboxylic acids is 1. The van der Waals surface area contributed by atoms with E-state index >= 15 is 0 Å². The van der Waals surface area contributed by atoms with Gasteiger partial charge in [-0.3, -0.25) is 4.79 Å². The number of aliphatic hydroxyl groups excluding tert-OH is 1. The zero-order valence-electron chi connectivity index (χ0n) is 21.3. The lowest BCUT2D eigenvalue weighted by Crippen LogP contribution is -2.38. The molecule has 2 N–H and O–H groups in total. The van der Waals surface area contributed by atoms with Gasteiger partial charge in [-0.25, -0.2) is 4.58 Å². The van der Waals surface area contributed by atoms with E-state index in [0.29, 0.717) is 18.7 Å². The molecule has 8 heteroatoms. The minimum absolute atomic E-state index is 0.124. The standard InChI is InChI=1S/C29H31N3O3S2/c1-4-31-21-11-6-8-13-23(21)36-25(31)17-19-28(30(3)16-10-15-27(33)34)20(29(19)35)18-26-32(5-2)22-12-7-9-14-24(22)37-26/h6-9,11-14,17-19H,4-5,10,15-16H2,1-3H3,(H,33,34)/p+1/b25-17?,26-18-. The van der Waals surface area contributed by atoms with Crippen LogP contribution in [-0.4, -0.2) is 53.2 Å². The molecule has 2 aromatic carbocycles. The molecule has 37 heavy (non-hydrogen) atoms. The van der Waals surface area contributed by atoms with Crippen LogP contribution >= 0.6 is 23.5 Å². The molecule has 1 unspecified atom stereocenters. The van der Waals surface area contributed by atoms with Crippen molar-refractivity contribution in [2.24, 2.45) is 5.92 Å². The van der Waals surface area contributed by atoms with Gasteiger partial charge in [-0.05, 0) is 50.3 Å². The largest absolute Gasteiger partial charge is 0.510 e. The average molecular weight is 535 g/mol. The van der Waals surface area contributed by atoms with Crippen LogP contribution in [0, 0.1) is 5.92 Å². The Kier molecular flexibility index (Phi) is 7.40. The van der Waals surface area contributed by atoms with Crippen LogP contribution in [0.2, 0.25) is 0 Å². The van der Waals surface area contributed by atoms with E-state index in [4.69, 9.17) is 5.11 Å². The number of thioether (sulfide) groups is 2. The maximum absolute atomic E-state index is 11.4. The van der Waals surface area contributed by atoms with Crippen molar-refractivity contribution in [3.63, 3.8) is 0 Å². The fourth-order valence-corrected chi connectivity index (χ4v) is 7.48. The van der Waals surface area contributed by atoms with E-state index in [9.17, 15) is 9.90 Å². The first-order chi connectivity index (χ1) is 17.9. The Morgan fingerprint density at radius 3 is 2.14 bits per heavy atom. The van der Waals surface area contributed by atoms with Crippen molar-refractivity contribution < 1.29 is 19.6 Å². The molecule has 0 aromatic heterocycles. The van der Waals surface area contributed by atoms with Gasteiger partial charge in [0.15, 0.2) is 0 Å². The van der Waals surface area contributed by atoms with E-state index in [1.165, 1.54) is 21.2 Å². The van der Waals surface area contributed by atoms with Gasteiger partial charge < -0.3 is 20.0 Å². The molecule has 192 valence electrons. The van der Waals surface area contributed by atoms with Gasteiger partial charge in [0, 0.05) is 29.3 Å². The third-order valence-corrected chi connectivity index (χ3v) is 9.16. The third-order valence-electron chi connectivity index (χ3n) is 6.92. The summed E-state index contributed by atoms with van der Waals surface area (Å²) >= 11 is 3.45. The molecular weight excluding hydrogens is 502 g/mol. The van der Waals surface area contributed by atoms with Gasteiger partial charge in [0.05, 0.1) is 33.4 Å². The Balaban J connectivity index is 1.52. The molecule has 0 radical (unpaired) electrons. The van der Waals surface area contributed by atoms with E-state index < -0.39 is 5.97 Å². The first kappa shape index (κ1) is 25.5. The highest BCUT2D eigenvalue weighted by molar-refractivity contribution is 8.04. The number of benzene rings is 2. The van der Waals surface area contributed by atoms with Crippen LogP contribution in [0.5, 0.6) is 0 Å². The quantitative estimate of drug-likeness (QED) is 0.384. The SMILES string of the molecule is CCN1C(=CC2C(O)=C(/C=C3\Sc4ccccc4N3CC)C2=[N+](C)CCCC(=O)O)Sc2ccccc21. The Labute approximate surface area is 226 Å². The van der Waals surface area contributed by atoms with Crippen LogP contribution in [0.3, 0.4) is 0 Å². The summed E-state index contributed by atoms with van der Waals surface area (Å²) in [5.41, 5.74) is 4.25. The highest BCUT2D eigenvalue weighted by atomic mass is 32.2. The van der Waals surface area contributed by atoms with E-state index in [0.717, 1.165) is 34.4 Å². The number of carbonyl (C=O) groups is 1. The summed E-state index contributed by atoms with van der Waals surface area (Å²) in [6.07, 6.45) is 4.92. The predicted molar refractivity (Wildman–Crippen MR) is 153 cm³/mol. The van der Waals surface area contributed by atoms with Crippen LogP contribution < -0.4 is 9.80 Å². The van der Waals surface area contributed by atoms with Crippen molar-refractivity contribution in [2.75, 3.05) is 36.5 Å². The Bertz CT molecular complexity index is 1360. The molecule has 0 amide bonds. The molecule has 0 fully saturated rings. The minimum atomic E-state index is -0.788. The lowest BCUT2D eigenvalue weighted by atomic mass is 9.80. The topological polar surface area (TPSA) is 67.0 Å². The van der Waals surface area contributed by atoms with Gasteiger partial charge in [-0.15, -0.1) is 0 Å². The van der Waals surface area contributed by atoms with E-state index in [1.54, 1.807) is 23.5 Å². The maximum atomic E-state index is 11.4. The zero-order chi connectivity index (χ0) is 26.1. The number of hydrogen-bond donors (Lipinski definition) is 2. The van der Waals surface area contributed by atoms with E-state index in [-0.39, 0.29) is 12.3 Å². The summed E-state index contributed by atoms with van der Waals surface area (Å²) in [6.45, 7) is 6.56. The number of nitrogens with zero attached hydrogens (tertiary/aromatic N) is 3. The molecule has 2 heterocycles. The Morgan fingerprint density at radius 2 is 1.54 bits per heavy atom. The zero-order valence-corrected chi connectivity index (χ0v) is 23.0. The van der Waals surface area contributed by atoms with Gasteiger partial charge in [0.25, 0.3) is 0 Å². The summed E-state index contributed by atoms with van der Waals surface area (Å²) in [7, 11) is 2.00. The second kappa shape index (κ2) is 10.7. The Hall–Kier alpha value is -3.10. The molecule has 1 aliphatic carbocycles. The van der Waals surface area contributed by atoms with Crippen LogP contribution in [-0.2, 0) is 4.79 Å². The molecule has 3 aliphatic rings. The van der Waals surface area contributed by atoms with Crippen LogP contribution in [0.1, 0.15) is 26.7 Å². The highest BCUT2D eigenvalue weighted by Gasteiger charge is 2.43. The number of rotatable bonds is 8. The summed E-state index contributed by atoms with van der Waals surface area (Å²) < 4.78 is 2.11. The number of para-hydroxylation sites is 2. The molecule has 0 saturated heterocycles. The lowest BCUT2D eigenvalue weighted by molar-refractivity contribution is -0.500. The molecule has 2 aliphatic heterocycles. The van der Waals surface area contributed by atoms with Crippen molar-refractivity contribution in [3.05, 3.63) is 82.1 Å². The van der Waals surface area contributed by atoms with E-state index in [2.05, 4.69) is 88.9 Å². The number of allylic oxidation sites excluding steroid dienone is 3. The second-order valence-electron chi connectivity index (χ2n) is 9.20. The van der Waals surface area contributed by atoms with Gasteiger partial charge in [0.1, 0.15) is 25.3 Å². The minimum Gasteiger partial charge on any atom is -0.510 e. The number of hydrogen-bond acceptors (Lipinski definition) is 6. The summed E-state index contributed by atoms with van der Waals surface area (Å²) in [5, 5.41) is 22.7. The fourth-order valence-electron chi connectivity index (χ4n) is 5.11. The summed E-state index contributed by atoms with van der Waals surface area (Å²) in [6, 6.07) is 16.7. The second-order valence-corrected chi connectivity index (χ2v) is 11.3. The first-order valence-corrected chi connectivity index (χ1v) is 14.3. The molecule has 6 nitrogen and oxygen atoms in total. The highest BCUT2D eigenvalue weighted by Crippen LogP contribution is 2.49. The van der Waals surface area contributed by atoms with Crippen LogP contribution in [0.15, 0.2) is 91.9 Å². The molecule has 5 rings (SSSR count). The maximum Gasteiger partial charge on any atom is 0.303 e. The van der Waals surface area contributed by atoms with Gasteiger partial charge in [-0.2, -0.15) is 0 Å². The lowest BCUT2D eigenvalue weighted by Gasteiger charge is -2.28. The van der Waals surface area contributed by atoms with E-state index in [1.807, 2.05) is 7.05 Å². The average Bonchev–Trinajstić information content (AvgIpc) is 3.43. The molecule has 0 bridgehead atoms. The first-order valence-electron chi connectivity index (χ1n) is 12.7. The number of fused-ring (bicyclic) bond motifs is 2. The van der Waals surface area contributed by atoms with Crippen LogP contribution in [0.25, 0.3) is 0 Å². The number of anilines is 2. The molecule has 0 spiro atoms. The number of carboxylic acid groups (broad SMARTS) is 1. The van der Waals surface area contributed by atoms with Crippen molar-refractivity contribution in [1.29, 1.82) is 0 Å². The molecular formula is C29H32N3O3S2+. The normalized spacial score (nSPS) is 22.0. The molecule has 1 atom stereocenters. The predicted octanol–water partition coefficient (Wildman–Crippen LogP) is 6.32. The number of aliphatic hydroxyl groups is 1. The van der Waals surface area contributed by atoms with Crippen LogP contribution in [0.4, 0.5) is 11.4 Å². The molecule has 0 saturated carbocycles. The Morgan fingerprint density at radius 1 is 0.973 bits per heavy atom. The smallest absolute Gasteiger partial charge is 0.303 e. The molecule has 2 aromatic rings. The third kappa shape index (κ3) is 4.80. The van der Waals surface area contributed by atoms with Gasteiger partial charge in [-0.1, -0.05) is 47.8 Å². The summed E-state index contributed by atoms with van der Waals surface area (Å²) in [5.74, 6) is -0.666. The van der Waals surface area contributed by atoms with Gasteiger partial charge >= 0.3 is 5.97 Å².